The van der Waals surface area contributed by atoms with Gasteiger partial charge in [-0.05, 0) is 37.0 Å². The first kappa shape index (κ1) is 20.1. The Morgan fingerprint density at radius 2 is 1.71 bits per heavy atom. The summed E-state index contributed by atoms with van der Waals surface area (Å²) in [6, 6.07) is 16.0. The molecule has 28 heavy (non-hydrogen) atoms. The van der Waals surface area contributed by atoms with Crippen LogP contribution < -0.4 is 5.32 Å². The second-order valence-electron chi connectivity index (χ2n) is 7.17. The van der Waals surface area contributed by atoms with Crippen molar-refractivity contribution in [3.05, 3.63) is 59.7 Å². The van der Waals surface area contributed by atoms with Crippen molar-refractivity contribution in [2.45, 2.75) is 44.0 Å². The van der Waals surface area contributed by atoms with Gasteiger partial charge < -0.3 is 9.88 Å². The van der Waals surface area contributed by atoms with Gasteiger partial charge in [-0.1, -0.05) is 68.1 Å². The molecule has 6 heteroatoms. The molecule has 0 saturated heterocycles. The van der Waals surface area contributed by atoms with E-state index in [1.807, 2.05) is 54.9 Å². The van der Waals surface area contributed by atoms with Gasteiger partial charge in [-0.25, -0.2) is 0 Å². The van der Waals surface area contributed by atoms with Crippen LogP contribution in [0.5, 0.6) is 0 Å². The zero-order valence-electron chi connectivity index (χ0n) is 16.9. The molecule has 0 aliphatic rings. The summed E-state index contributed by atoms with van der Waals surface area (Å²) in [6.07, 6.45) is 0. The Morgan fingerprint density at radius 1 is 1.04 bits per heavy atom. The van der Waals surface area contributed by atoms with Gasteiger partial charge in [0.2, 0.25) is 5.91 Å². The number of carbonyl (C=O) groups excluding carboxylic acids is 1. The third-order valence-electron chi connectivity index (χ3n) is 4.71. The first-order chi connectivity index (χ1) is 13.4. The van der Waals surface area contributed by atoms with E-state index in [0.29, 0.717) is 5.92 Å². The first-order valence-corrected chi connectivity index (χ1v) is 10.3. The molecule has 1 aromatic heterocycles. The Labute approximate surface area is 170 Å². The molecule has 0 aliphatic heterocycles. The van der Waals surface area contributed by atoms with Crippen molar-refractivity contribution < 1.29 is 4.79 Å². The average Bonchev–Trinajstić information content (AvgIpc) is 3.02. The number of thioether (sulfide) groups is 1. The van der Waals surface area contributed by atoms with E-state index in [1.54, 1.807) is 0 Å². The number of hydrogen-bond donors (Lipinski definition) is 1. The molecular formula is C22H26N4OS. The van der Waals surface area contributed by atoms with Crippen molar-refractivity contribution in [1.82, 2.24) is 14.8 Å². The van der Waals surface area contributed by atoms with Gasteiger partial charge in [0, 0.05) is 18.3 Å². The molecule has 1 heterocycles. The molecule has 0 unspecified atom stereocenters. The van der Waals surface area contributed by atoms with Crippen LogP contribution in [0.1, 0.15) is 37.8 Å². The highest BCUT2D eigenvalue weighted by molar-refractivity contribution is 8.00. The first-order valence-electron chi connectivity index (χ1n) is 9.40. The van der Waals surface area contributed by atoms with Gasteiger partial charge in [0.05, 0.1) is 5.25 Å². The molecular weight excluding hydrogens is 368 g/mol. The van der Waals surface area contributed by atoms with Crippen molar-refractivity contribution >= 4 is 23.4 Å². The monoisotopic (exact) mass is 394 g/mol. The maximum absolute atomic E-state index is 12.7. The van der Waals surface area contributed by atoms with Crippen LogP contribution in [-0.2, 0) is 11.8 Å². The van der Waals surface area contributed by atoms with Crippen molar-refractivity contribution in [2.24, 2.45) is 7.05 Å². The molecule has 0 bridgehead atoms. The van der Waals surface area contributed by atoms with Gasteiger partial charge in [-0.2, -0.15) is 0 Å². The number of rotatable bonds is 6. The number of hydrogen-bond acceptors (Lipinski definition) is 4. The van der Waals surface area contributed by atoms with Crippen LogP contribution in [0.4, 0.5) is 5.69 Å². The highest BCUT2D eigenvalue weighted by atomic mass is 32.2. The van der Waals surface area contributed by atoms with Crippen LogP contribution in [0.3, 0.4) is 0 Å². The van der Waals surface area contributed by atoms with E-state index >= 15 is 0 Å². The molecule has 0 saturated carbocycles. The van der Waals surface area contributed by atoms with E-state index in [-0.39, 0.29) is 11.2 Å². The van der Waals surface area contributed by atoms with Crippen molar-refractivity contribution in [3.8, 4) is 11.4 Å². The molecule has 1 N–H and O–H groups in total. The van der Waals surface area contributed by atoms with Crippen LogP contribution in [0.15, 0.2) is 53.7 Å². The standard InChI is InChI=1S/C22H26N4OS/c1-14(2)17-11-8-9-13-19(17)23-21(27)16(4)28-22-25-24-20(26(22)5)18-12-7-6-10-15(18)3/h6-14,16H,1-5H3,(H,23,27)/t16-/m0/s1. The summed E-state index contributed by atoms with van der Waals surface area (Å²) in [7, 11) is 1.93. The van der Waals surface area contributed by atoms with Gasteiger partial charge in [0.15, 0.2) is 11.0 Å². The third-order valence-corrected chi connectivity index (χ3v) is 5.85. The fourth-order valence-electron chi connectivity index (χ4n) is 3.04. The molecule has 5 nitrogen and oxygen atoms in total. The number of aryl methyl sites for hydroxylation is 1. The van der Waals surface area contributed by atoms with Gasteiger partial charge in [-0.15, -0.1) is 10.2 Å². The largest absolute Gasteiger partial charge is 0.325 e. The van der Waals surface area contributed by atoms with Gasteiger partial charge in [-0.3, -0.25) is 4.79 Å². The quantitative estimate of drug-likeness (QED) is 0.596. The lowest BCUT2D eigenvalue weighted by Gasteiger charge is -2.16. The molecule has 3 aromatic rings. The van der Waals surface area contributed by atoms with E-state index < -0.39 is 0 Å². The number of para-hydroxylation sites is 1. The molecule has 3 rings (SSSR count). The molecule has 0 spiro atoms. The molecule has 2 aromatic carbocycles. The molecule has 0 fully saturated rings. The Morgan fingerprint density at radius 3 is 2.43 bits per heavy atom. The maximum Gasteiger partial charge on any atom is 0.237 e. The number of amides is 1. The lowest BCUT2D eigenvalue weighted by atomic mass is 10.0. The zero-order valence-corrected chi connectivity index (χ0v) is 17.7. The topological polar surface area (TPSA) is 59.8 Å². The molecule has 0 radical (unpaired) electrons. The highest BCUT2D eigenvalue weighted by Gasteiger charge is 2.21. The zero-order chi connectivity index (χ0) is 20.3. The second kappa shape index (κ2) is 8.61. The van der Waals surface area contributed by atoms with E-state index in [0.717, 1.165) is 33.4 Å². The Bertz CT molecular complexity index is 980. The van der Waals surface area contributed by atoms with Crippen LogP contribution in [0, 0.1) is 6.92 Å². The lowest BCUT2D eigenvalue weighted by molar-refractivity contribution is -0.115. The Balaban J connectivity index is 1.74. The summed E-state index contributed by atoms with van der Waals surface area (Å²) in [5, 5.41) is 12.1. The van der Waals surface area contributed by atoms with Crippen LogP contribution in [0.25, 0.3) is 11.4 Å². The van der Waals surface area contributed by atoms with E-state index in [2.05, 4.69) is 48.4 Å². The number of benzene rings is 2. The van der Waals surface area contributed by atoms with E-state index in [1.165, 1.54) is 11.8 Å². The number of carbonyl (C=O) groups is 1. The third kappa shape index (κ3) is 4.28. The van der Waals surface area contributed by atoms with Crippen LogP contribution in [0.2, 0.25) is 0 Å². The summed E-state index contributed by atoms with van der Waals surface area (Å²) in [6.45, 7) is 8.19. The predicted octanol–water partition coefficient (Wildman–Crippen LogP) is 5.03. The lowest BCUT2D eigenvalue weighted by Crippen LogP contribution is -2.23. The normalized spacial score (nSPS) is 12.2. The summed E-state index contributed by atoms with van der Waals surface area (Å²) >= 11 is 1.41. The summed E-state index contributed by atoms with van der Waals surface area (Å²) in [5.41, 5.74) is 4.19. The fourth-order valence-corrected chi connectivity index (χ4v) is 3.85. The maximum atomic E-state index is 12.7. The minimum absolute atomic E-state index is 0.0430. The molecule has 0 aliphatic carbocycles. The Kier molecular flexibility index (Phi) is 6.19. The molecule has 146 valence electrons. The predicted molar refractivity (Wildman–Crippen MR) is 116 cm³/mol. The highest BCUT2D eigenvalue weighted by Crippen LogP contribution is 2.29. The second-order valence-corrected chi connectivity index (χ2v) is 8.48. The van der Waals surface area contributed by atoms with Gasteiger partial charge >= 0.3 is 0 Å². The number of nitrogens with one attached hydrogen (secondary N) is 1. The number of anilines is 1. The van der Waals surface area contributed by atoms with Crippen molar-refractivity contribution in [1.29, 1.82) is 0 Å². The van der Waals surface area contributed by atoms with E-state index in [4.69, 9.17) is 0 Å². The van der Waals surface area contributed by atoms with Crippen molar-refractivity contribution in [2.75, 3.05) is 5.32 Å². The Hall–Kier alpha value is -2.60. The minimum Gasteiger partial charge on any atom is -0.325 e. The van der Waals surface area contributed by atoms with Crippen LogP contribution in [-0.4, -0.2) is 25.9 Å². The fraction of sp³-hybridized carbons (Fsp3) is 0.318. The van der Waals surface area contributed by atoms with Crippen LogP contribution >= 0.6 is 11.8 Å². The van der Waals surface area contributed by atoms with Crippen molar-refractivity contribution in [3.63, 3.8) is 0 Å². The molecule has 1 atom stereocenters. The number of aromatic nitrogens is 3. The smallest absolute Gasteiger partial charge is 0.237 e. The minimum atomic E-state index is -0.298. The summed E-state index contributed by atoms with van der Waals surface area (Å²) < 4.78 is 1.94. The average molecular weight is 395 g/mol. The number of nitrogens with zero attached hydrogens (tertiary/aromatic N) is 3. The molecule has 1 amide bonds. The summed E-state index contributed by atoms with van der Waals surface area (Å²) in [4.78, 5) is 12.7. The van der Waals surface area contributed by atoms with E-state index in [9.17, 15) is 4.79 Å². The van der Waals surface area contributed by atoms with Gasteiger partial charge in [0.1, 0.15) is 0 Å². The SMILES string of the molecule is Cc1ccccc1-c1nnc(S[C@@H](C)C(=O)Nc2ccccc2C(C)C)n1C. The van der Waals surface area contributed by atoms with Gasteiger partial charge in [0.25, 0.3) is 0 Å². The summed E-state index contributed by atoms with van der Waals surface area (Å²) in [5.74, 6) is 1.10.